The maximum Gasteiger partial charge on any atom is 0.264 e. The van der Waals surface area contributed by atoms with Crippen LogP contribution in [0.5, 0.6) is 0 Å². The lowest BCUT2D eigenvalue weighted by Gasteiger charge is -2.33. The molecule has 23 heavy (non-hydrogen) atoms. The molecule has 0 saturated carbocycles. The van der Waals surface area contributed by atoms with Gasteiger partial charge in [-0.05, 0) is 62.1 Å². The number of nitrogens with one attached hydrogen (secondary N) is 2. The van der Waals surface area contributed by atoms with Crippen LogP contribution in [-0.2, 0) is 4.79 Å². The zero-order valence-electron chi connectivity index (χ0n) is 13.6. The van der Waals surface area contributed by atoms with Crippen LogP contribution in [0.1, 0.15) is 40.9 Å². The number of nitrogens with zero attached hydrogens (tertiary/aromatic N) is 1. The molecule has 2 saturated heterocycles. The van der Waals surface area contributed by atoms with E-state index in [2.05, 4.69) is 10.6 Å². The van der Waals surface area contributed by atoms with Gasteiger partial charge in [-0.15, -0.1) is 11.3 Å². The molecule has 5 nitrogen and oxygen atoms in total. The Morgan fingerprint density at radius 3 is 2.96 bits per heavy atom. The van der Waals surface area contributed by atoms with Crippen LogP contribution in [0.4, 0.5) is 0 Å². The Morgan fingerprint density at radius 2 is 2.26 bits per heavy atom. The number of hydrogen-bond donors (Lipinski definition) is 2. The summed E-state index contributed by atoms with van der Waals surface area (Å²) in [6.07, 6.45) is 4.09. The van der Waals surface area contributed by atoms with Crippen LogP contribution in [0.2, 0.25) is 0 Å². The zero-order valence-corrected chi connectivity index (χ0v) is 14.5. The highest BCUT2D eigenvalue weighted by Gasteiger charge is 2.27. The van der Waals surface area contributed by atoms with Crippen molar-refractivity contribution in [2.45, 2.75) is 38.6 Å². The van der Waals surface area contributed by atoms with E-state index in [4.69, 9.17) is 0 Å². The van der Waals surface area contributed by atoms with Gasteiger partial charge in [-0.2, -0.15) is 0 Å². The minimum absolute atomic E-state index is 0.0231. The lowest BCUT2D eigenvalue weighted by Crippen LogP contribution is -2.46. The highest BCUT2D eigenvalue weighted by atomic mass is 32.1. The van der Waals surface area contributed by atoms with Crippen molar-refractivity contribution in [1.82, 2.24) is 15.5 Å². The summed E-state index contributed by atoms with van der Waals surface area (Å²) >= 11 is 1.52. The number of likely N-dealkylation sites (tertiary alicyclic amines) is 1. The fraction of sp³-hybridized carbons (Fsp3) is 0.647. The molecule has 0 bridgehead atoms. The fourth-order valence-electron chi connectivity index (χ4n) is 3.43. The number of piperidine rings is 1. The SMILES string of the molecule is Cc1ccsc1C(=O)N1CCC[C@H](CNC(=O)[C@@H]2CCCN2)C1. The standard InChI is InChI=1S/C17H25N3O2S/c1-12-6-9-23-15(12)17(22)20-8-3-4-13(11-20)10-19-16(21)14-5-2-7-18-14/h6,9,13-14,18H,2-5,7-8,10-11H2,1H3,(H,19,21)/t13-,14+/m1/s1. The van der Waals surface area contributed by atoms with E-state index in [0.29, 0.717) is 12.5 Å². The first kappa shape index (κ1) is 16.5. The predicted octanol–water partition coefficient (Wildman–Crippen LogP) is 1.78. The number of hydrogen-bond acceptors (Lipinski definition) is 4. The average molecular weight is 335 g/mol. The van der Waals surface area contributed by atoms with Gasteiger partial charge in [0.25, 0.3) is 5.91 Å². The number of aryl methyl sites for hydroxylation is 1. The second-order valence-electron chi connectivity index (χ2n) is 6.59. The van der Waals surface area contributed by atoms with Crippen molar-refractivity contribution < 1.29 is 9.59 Å². The summed E-state index contributed by atoms with van der Waals surface area (Å²) in [6.45, 7) is 5.16. The Balaban J connectivity index is 1.51. The van der Waals surface area contributed by atoms with E-state index in [9.17, 15) is 9.59 Å². The predicted molar refractivity (Wildman–Crippen MR) is 91.7 cm³/mol. The molecule has 6 heteroatoms. The van der Waals surface area contributed by atoms with Gasteiger partial charge in [0.05, 0.1) is 10.9 Å². The highest BCUT2D eigenvalue weighted by Crippen LogP contribution is 2.22. The van der Waals surface area contributed by atoms with Crippen molar-refractivity contribution in [2.75, 3.05) is 26.2 Å². The molecule has 0 aliphatic carbocycles. The van der Waals surface area contributed by atoms with Gasteiger partial charge in [0.2, 0.25) is 5.91 Å². The van der Waals surface area contributed by atoms with Crippen LogP contribution in [0.25, 0.3) is 0 Å². The number of amides is 2. The molecule has 1 aromatic heterocycles. The summed E-state index contributed by atoms with van der Waals surface area (Å²) in [5.74, 6) is 0.615. The van der Waals surface area contributed by atoms with Crippen molar-refractivity contribution in [2.24, 2.45) is 5.92 Å². The van der Waals surface area contributed by atoms with E-state index in [1.807, 2.05) is 23.3 Å². The molecule has 0 radical (unpaired) electrons. The van der Waals surface area contributed by atoms with Gasteiger partial charge in [0.1, 0.15) is 0 Å². The first-order valence-electron chi connectivity index (χ1n) is 8.49. The number of carbonyl (C=O) groups excluding carboxylic acids is 2. The maximum atomic E-state index is 12.6. The Hall–Kier alpha value is -1.40. The Labute approximate surface area is 141 Å². The van der Waals surface area contributed by atoms with Crippen molar-refractivity contribution >= 4 is 23.2 Å². The van der Waals surface area contributed by atoms with Gasteiger partial charge in [-0.3, -0.25) is 9.59 Å². The molecule has 126 valence electrons. The largest absolute Gasteiger partial charge is 0.354 e. The van der Waals surface area contributed by atoms with Gasteiger partial charge in [-0.1, -0.05) is 0 Å². The van der Waals surface area contributed by atoms with E-state index in [0.717, 1.165) is 55.8 Å². The fourth-order valence-corrected chi connectivity index (χ4v) is 4.32. The van der Waals surface area contributed by atoms with E-state index in [1.165, 1.54) is 11.3 Å². The lowest BCUT2D eigenvalue weighted by atomic mass is 9.97. The smallest absolute Gasteiger partial charge is 0.264 e. The monoisotopic (exact) mass is 335 g/mol. The van der Waals surface area contributed by atoms with Crippen LogP contribution in [-0.4, -0.2) is 48.9 Å². The average Bonchev–Trinajstić information content (AvgIpc) is 3.23. The van der Waals surface area contributed by atoms with Gasteiger partial charge in [0.15, 0.2) is 0 Å². The summed E-state index contributed by atoms with van der Waals surface area (Å²) in [4.78, 5) is 27.5. The molecule has 3 rings (SSSR count). The molecule has 1 aromatic rings. The number of thiophene rings is 1. The molecule has 2 amide bonds. The molecule has 0 unspecified atom stereocenters. The summed E-state index contributed by atoms with van der Waals surface area (Å²) < 4.78 is 0. The minimum Gasteiger partial charge on any atom is -0.354 e. The molecular weight excluding hydrogens is 310 g/mol. The second kappa shape index (κ2) is 7.45. The Morgan fingerprint density at radius 1 is 1.39 bits per heavy atom. The van der Waals surface area contributed by atoms with Crippen LogP contribution in [0, 0.1) is 12.8 Å². The van der Waals surface area contributed by atoms with E-state index >= 15 is 0 Å². The molecule has 0 aromatic carbocycles. The molecule has 2 aliphatic heterocycles. The summed E-state index contributed by atoms with van der Waals surface area (Å²) in [7, 11) is 0. The van der Waals surface area contributed by atoms with Crippen molar-refractivity contribution in [1.29, 1.82) is 0 Å². The van der Waals surface area contributed by atoms with Crippen LogP contribution in [0.15, 0.2) is 11.4 Å². The molecule has 2 N–H and O–H groups in total. The molecule has 2 atom stereocenters. The van der Waals surface area contributed by atoms with Crippen molar-refractivity contribution in [3.63, 3.8) is 0 Å². The topological polar surface area (TPSA) is 61.4 Å². The minimum atomic E-state index is -0.0231. The first-order chi connectivity index (χ1) is 11.1. The lowest BCUT2D eigenvalue weighted by molar-refractivity contribution is -0.123. The Bertz CT molecular complexity index is 566. The number of rotatable bonds is 4. The first-order valence-corrected chi connectivity index (χ1v) is 9.37. The molecule has 3 heterocycles. The Kier molecular flexibility index (Phi) is 5.33. The van der Waals surface area contributed by atoms with Crippen LogP contribution < -0.4 is 10.6 Å². The van der Waals surface area contributed by atoms with Gasteiger partial charge < -0.3 is 15.5 Å². The van der Waals surface area contributed by atoms with E-state index in [-0.39, 0.29) is 17.9 Å². The van der Waals surface area contributed by atoms with Gasteiger partial charge in [0, 0.05) is 19.6 Å². The molecular formula is C17H25N3O2S. The third kappa shape index (κ3) is 3.93. The van der Waals surface area contributed by atoms with Crippen LogP contribution in [0.3, 0.4) is 0 Å². The maximum absolute atomic E-state index is 12.6. The van der Waals surface area contributed by atoms with E-state index < -0.39 is 0 Å². The third-order valence-corrected chi connectivity index (χ3v) is 5.81. The van der Waals surface area contributed by atoms with Crippen LogP contribution >= 0.6 is 11.3 Å². The highest BCUT2D eigenvalue weighted by molar-refractivity contribution is 7.12. The number of carbonyl (C=O) groups is 2. The van der Waals surface area contributed by atoms with Crippen molar-refractivity contribution in [3.05, 3.63) is 21.9 Å². The summed E-state index contributed by atoms with van der Waals surface area (Å²) in [5.41, 5.74) is 1.06. The van der Waals surface area contributed by atoms with Gasteiger partial charge >= 0.3 is 0 Å². The van der Waals surface area contributed by atoms with E-state index in [1.54, 1.807) is 0 Å². The molecule has 2 aliphatic rings. The van der Waals surface area contributed by atoms with Crippen molar-refractivity contribution in [3.8, 4) is 0 Å². The normalized spacial score (nSPS) is 24.7. The van der Waals surface area contributed by atoms with Gasteiger partial charge in [-0.25, -0.2) is 0 Å². The summed E-state index contributed by atoms with van der Waals surface area (Å²) in [5, 5.41) is 8.25. The zero-order chi connectivity index (χ0) is 16.2. The summed E-state index contributed by atoms with van der Waals surface area (Å²) in [6, 6.07) is 1.97. The third-order valence-electron chi connectivity index (χ3n) is 4.80. The second-order valence-corrected chi connectivity index (χ2v) is 7.50. The molecule has 2 fully saturated rings. The molecule has 0 spiro atoms. The quantitative estimate of drug-likeness (QED) is 0.882.